The molecule has 0 bridgehead atoms. The molecule has 0 saturated carbocycles. The molecule has 0 spiro atoms. The van der Waals surface area contributed by atoms with E-state index >= 15 is 0 Å². The molecule has 0 aliphatic heterocycles. The Kier molecular flexibility index (Phi) is 9.10. The Morgan fingerprint density at radius 3 is 2.43 bits per heavy atom. The lowest BCUT2D eigenvalue weighted by atomic mass is 10.0. The summed E-state index contributed by atoms with van der Waals surface area (Å²) in [4.78, 5) is 22.2. The summed E-state index contributed by atoms with van der Waals surface area (Å²) in [6, 6.07) is 12.0. The van der Waals surface area contributed by atoms with Gasteiger partial charge >= 0.3 is 0 Å². The quantitative estimate of drug-likeness (QED) is 0.414. The van der Waals surface area contributed by atoms with Crippen molar-refractivity contribution >= 4 is 56.6 Å². The SMILES string of the molecule is CCN(CC)CCN(C(=O)Cc1ccc(C)c(C)c1)c1nc2c(Cl)cccc2s1.Cl. The Hall–Kier alpha value is -1.66. The highest BCUT2D eigenvalue weighted by atomic mass is 35.5. The van der Waals surface area contributed by atoms with Gasteiger partial charge in [0.25, 0.3) is 0 Å². The third-order valence-corrected chi connectivity index (χ3v) is 6.70. The second-order valence-corrected chi connectivity index (χ2v) is 8.67. The Morgan fingerprint density at radius 2 is 1.80 bits per heavy atom. The van der Waals surface area contributed by atoms with Crippen LogP contribution in [0.2, 0.25) is 5.02 Å². The minimum Gasteiger partial charge on any atom is -0.302 e. The third-order valence-electron chi connectivity index (χ3n) is 5.35. The van der Waals surface area contributed by atoms with Gasteiger partial charge in [0.15, 0.2) is 5.13 Å². The van der Waals surface area contributed by atoms with Gasteiger partial charge in [-0.3, -0.25) is 9.69 Å². The van der Waals surface area contributed by atoms with Gasteiger partial charge in [-0.2, -0.15) is 0 Å². The van der Waals surface area contributed by atoms with Crippen molar-refractivity contribution < 1.29 is 4.79 Å². The van der Waals surface area contributed by atoms with Gasteiger partial charge in [-0.25, -0.2) is 4.98 Å². The Balaban J connectivity index is 0.00000320. The summed E-state index contributed by atoms with van der Waals surface area (Å²) in [6.07, 6.45) is 0.364. The highest BCUT2D eigenvalue weighted by Gasteiger charge is 2.21. The molecule has 1 aromatic heterocycles. The standard InChI is InChI=1S/C23H28ClN3OS.ClH/c1-5-26(6-2)12-13-27(21(28)15-18-11-10-16(3)17(4)14-18)23-25-22-19(24)8-7-9-20(22)29-23;/h7-11,14H,5-6,12-13,15H2,1-4H3;1H. The average molecular weight is 466 g/mol. The van der Waals surface area contributed by atoms with Crippen molar-refractivity contribution in [3.63, 3.8) is 0 Å². The van der Waals surface area contributed by atoms with E-state index in [1.54, 1.807) is 0 Å². The summed E-state index contributed by atoms with van der Waals surface area (Å²) >= 11 is 7.84. The van der Waals surface area contributed by atoms with E-state index < -0.39 is 0 Å². The second-order valence-electron chi connectivity index (χ2n) is 7.25. The number of hydrogen-bond donors (Lipinski definition) is 0. The van der Waals surface area contributed by atoms with E-state index in [0.717, 1.165) is 35.4 Å². The molecule has 30 heavy (non-hydrogen) atoms. The number of fused-ring (bicyclic) bond motifs is 1. The predicted molar refractivity (Wildman–Crippen MR) is 132 cm³/mol. The molecule has 0 N–H and O–H groups in total. The Labute approximate surface area is 194 Å². The summed E-state index contributed by atoms with van der Waals surface area (Å²) in [5, 5.41) is 1.34. The Bertz CT molecular complexity index is 1000. The van der Waals surface area contributed by atoms with Crippen LogP contribution in [-0.4, -0.2) is 42.0 Å². The molecule has 3 aromatic rings. The van der Waals surface area contributed by atoms with Crippen LogP contribution in [0.25, 0.3) is 10.2 Å². The van der Waals surface area contributed by atoms with Crippen molar-refractivity contribution in [1.82, 2.24) is 9.88 Å². The van der Waals surface area contributed by atoms with Crippen LogP contribution in [0.4, 0.5) is 5.13 Å². The number of halogens is 2. The lowest BCUT2D eigenvalue weighted by molar-refractivity contribution is -0.118. The fourth-order valence-corrected chi connectivity index (χ4v) is 4.62. The number of anilines is 1. The second kappa shape index (κ2) is 11.1. The van der Waals surface area contributed by atoms with Crippen molar-refractivity contribution in [3.8, 4) is 0 Å². The number of para-hydroxylation sites is 1. The number of thiazole rings is 1. The molecule has 0 atom stereocenters. The number of benzene rings is 2. The summed E-state index contributed by atoms with van der Waals surface area (Å²) in [5.41, 5.74) is 4.24. The van der Waals surface area contributed by atoms with Gasteiger partial charge in [-0.15, -0.1) is 12.4 Å². The molecular formula is C23H29Cl2N3OS. The highest BCUT2D eigenvalue weighted by Crippen LogP contribution is 2.33. The lowest BCUT2D eigenvalue weighted by Gasteiger charge is -2.25. The minimum atomic E-state index is 0. The van der Waals surface area contributed by atoms with Crippen LogP contribution in [-0.2, 0) is 11.2 Å². The zero-order valence-electron chi connectivity index (χ0n) is 17.9. The van der Waals surface area contributed by atoms with Crippen molar-refractivity contribution in [2.45, 2.75) is 34.1 Å². The van der Waals surface area contributed by atoms with E-state index in [4.69, 9.17) is 16.6 Å². The molecule has 7 heteroatoms. The van der Waals surface area contributed by atoms with Gasteiger partial charge < -0.3 is 4.90 Å². The minimum absolute atomic E-state index is 0. The van der Waals surface area contributed by atoms with E-state index in [2.05, 4.69) is 44.7 Å². The summed E-state index contributed by atoms with van der Waals surface area (Å²) < 4.78 is 0.999. The van der Waals surface area contributed by atoms with Gasteiger partial charge in [-0.05, 0) is 55.8 Å². The van der Waals surface area contributed by atoms with E-state index in [1.165, 1.54) is 22.5 Å². The van der Waals surface area contributed by atoms with Gasteiger partial charge in [-0.1, -0.05) is 61.1 Å². The van der Waals surface area contributed by atoms with E-state index in [9.17, 15) is 4.79 Å². The number of rotatable bonds is 8. The van der Waals surface area contributed by atoms with E-state index in [0.29, 0.717) is 23.1 Å². The molecular weight excluding hydrogens is 437 g/mol. The number of amides is 1. The number of nitrogens with zero attached hydrogens (tertiary/aromatic N) is 3. The molecule has 1 heterocycles. The van der Waals surface area contributed by atoms with Crippen LogP contribution < -0.4 is 4.90 Å². The molecule has 0 saturated heterocycles. The largest absolute Gasteiger partial charge is 0.302 e. The van der Waals surface area contributed by atoms with Crippen molar-refractivity contribution in [1.29, 1.82) is 0 Å². The topological polar surface area (TPSA) is 36.4 Å². The van der Waals surface area contributed by atoms with Crippen LogP contribution >= 0.6 is 35.3 Å². The molecule has 162 valence electrons. The predicted octanol–water partition coefficient (Wildman–Crippen LogP) is 5.91. The van der Waals surface area contributed by atoms with Crippen LogP contribution in [0.5, 0.6) is 0 Å². The Morgan fingerprint density at radius 1 is 1.07 bits per heavy atom. The summed E-state index contributed by atoms with van der Waals surface area (Å²) in [7, 11) is 0. The maximum absolute atomic E-state index is 13.3. The number of carbonyl (C=O) groups is 1. The van der Waals surface area contributed by atoms with Gasteiger partial charge in [0.05, 0.1) is 16.1 Å². The van der Waals surface area contributed by atoms with Gasteiger partial charge in [0.1, 0.15) is 5.52 Å². The maximum Gasteiger partial charge on any atom is 0.233 e. The highest BCUT2D eigenvalue weighted by molar-refractivity contribution is 7.22. The van der Waals surface area contributed by atoms with Gasteiger partial charge in [0, 0.05) is 13.1 Å². The van der Waals surface area contributed by atoms with Crippen molar-refractivity contribution in [2.24, 2.45) is 0 Å². The molecule has 2 aromatic carbocycles. The van der Waals surface area contributed by atoms with E-state index in [1.807, 2.05) is 29.2 Å². The fraction of sp³-hybridized carbons (Fsp3) is 0.391. The molecule has 0 fully saturated rings. The number of aryl methyl sites for hydroxylation is 2. The lowest BCUT2D eigenvalue weighted by Crippen LogP contribution is -2.39. The first-order valence-electron chi connectivity index (χ1n) is 10.1. The normalized spacial score (nSPS) is 11.0. The molecule has 4 nitrogen and oxygen atoms in total. The van der Waals surface area contributed by atoms with Crippen LogP contribution in [0.15, 0.2) is 36.4 Å². The molecule has 0 unspecified atom stereocenters. The molecule has 3 rings (SSSR count). The molecule has 0 aliphatic carbocycles. The smallest absolute Gasteiger partial charge is 0.233 e. The van der Waals surface area contributed by atoms with Crippen LogP contribution in [0.1, 0.15) is 30.5 Å². The zero-order chi connectivity index (χ0) is 21.0. The first-order chi connectivity index (χ1) is 13.9. The third kappa shape index (κ3) is 5.73. The molecule has 0 radical (unpaired) electrons. The molecule has 1 amide bonds. The maximum atomic E-state index is 13.3. The first kappa shape index (κ1) is 24.6. The average Bonchev–Trinajstić information content (AvgIpc) is 3.13. The monoisotopic (exact) mass is 465 g/mol. The first-order valence-corrected chi connectivity index (χ1v) is 11.3. The molecule has 0 aliphatic rings. The zero-order valence-corrected chi connectivity index (χ0v) is 20.3. The van der Waals surface area contributed by atoms with Crippen molar-refractivity contribution in [2.75, 3.05) is 31.1 Å². The number of hydrogen-bond acceptors (Lipinski definition) is 4. The van der Waals surface area contributed by atoms with Crippen molar-refractivity contribution in [3.05, 3.63) is 58.1 Å². The summed E-state index contributed by atoms with van der Waals surface area (Å²) in [6.45, 7) is 11.8. The summed E-state index contributed by atoms with van der Waals surface area (Å²) in [5.74, 6) is 0.0654. The number of carbonyl (C=O) groups excluding carboxylic acids is 1. The van der Waals surface area contributed by atoms with Crippen LogP contribution in [0, 0.1) is 13.8 Å². The number of aromatic nitrogens is 1. The number of likely N-dealkylation sites (N-methyl/N-ethyl adjacent to an activating group) is 1. The van der Waals surface area contributed by atoms with Gasteiger partial charge in [0.2, 0.25) is 5.91 Å². The fourth-order valence-electron chi connectivity index (χ4n) is 3.31. The van der Waals surface area contributed by atoms with Crippen LogP contribution in [0.3, 0.4) is 0 Å². The van der Waals surface area contributed by atoms with E-state index in [-0.39, 0.29) is 18.3 Å².